The van der Waals surface area contributed by atoms with Gasteiger partial charge in [-0.2, -0.15) is 0 Å². The molecule has 0 aromatic carbocycles. The van der Waals surface area contributed by atoms with Crippen LogP contribution in [0.5, 0.6) is 0 Å². The van der Waals surface area contributed by atoms with Crippen LogP contribution >= 0.6 is 23.7 Å². The Balaban J connectivity index is 0.00000128. The van der Waals surface area contributed by atoms with E-state index in [2.05, 4.69) is 27.6 Å². The van der Waals surface area contributed by atoms with Crippen LogP contribution in [0.3, 0.4) is 0 Å². The van der Waals surface area contributed by atoms with E-state index in [1.165, 1.54) is 38.2 Å². The first-order valence-corrected chi connectivity index (χ1v) is 6.55. The number of hydrogen-bond acceptors (Lipinski definition) is 4. The highest BCUT2D eigenvalue weighted by Gasteiger charge is 2.14. The molecule has 16 heavy (non-hydrogen) atoms. The molecule has 1 atom stereocenters. The van der Waals surface area contributed by atoms with Gasteiger partial charge in [-0.05, 0) is 45.4 Å². The van der Waals surface area contributed by atoms with E-state index in [1.54, 1.807) is 11.3 Å². The molecule has 0 bridgehead atoms. The van der Waals surface area contributed by atoms with Gasteiger partial charge in [0.25, 0.3) is 0 Å². The van der Waals surface area contributed by atoms with Crippen LogP contribution in [0.1, 0.15) is 18.5 Å². The van der Waals surface area contributed by atoms with Crippen molar-refractivity contribution in [2.45, 2.75) is 19.4 Å². The van der Waals surface area contributed by atoms with Crippen molar-refractivity contribution in [3.05, 3.63) is 16.6 Å². The summed E-state index contributed by atoms with van der Waals surface area (Å²) in [6.45, 7) is 4.60. The molecule has 2 rings (SSSR count). The molecule has 1 fully saturated rings. The summed E-state index contributed by atoms with van der Waals surface area (Å²) in [7, 11) is 2.18. The predicted octanol–water partition coefficient (Wildman–Crippen LogP) is 2.00. The molecule has 1 N–H and O–H groups in total. The van der Waals surface area contributed by atoms with Crippen molar-refractivity contribution in [3.63, 3.8) is 0 Å². The molecule has 2 heterocycles. The standard InChI is InChI=1S/C11H19N3S.ClH/c1-14(7-11-8-15-9-13-11)5-3-10-2-4-12-6-10;/h8-10,12H,2-7H2,1H3;1H. The van der Waals surface area contributed by atoms with Crippen LogP contribution in [0, 0.1) is 5.92 Å². The van der Waals surface area contributed by atoms with Crippen LogP contribution in [0.2, 0.25) is 0 Å². The first-order chi connectivity index (χ1) is 7.34. The second kappa shape index (κ2) is 7.22. The van der Waals surface area contributed by atoms with Crippen molar-refractivity contribution in [2.24, 2.45) is 5.92 Å². The highest BCUT2D eigenvalue weighted by Crippen LogP contribution is 2.13. The number of aromatic nitrogens is 1. The second-order valence-electron chi connectivity index (χ2n) is 4.37. The van der Waals surface area contributed by atoms with Crippen molar-refractivity contribution >= 4 is 23.7 Å². The molecule has 0 amide bonds. The van der Waals surface area contributed by atoms with Crippen molar-refractivity contribution in [1.29, 1.82) is 0 Å². The van der Waals surface area contributed by atoms with Gasteiger partial charge in [0.1, 0.15) is 0 Å². The Bertz CT molecular complexity index is 273. The van der Waals surface area contributed by atoms with Crippen LogP contribution in [0.15, 0.2) is 10.9 Å². The summed E-state index contributed by atoms with van der Waals surface area (Å²) in [4.78, 5) is 6.67. The molecule has 1 aliphatic rings. The summed E-state index contributed by atoms with van der Waals surface area (Å²) in [5, 5.41) is 5.54. The zero-order valence-electron chi connectivity index (χ0n) is 9.69. The van der Waals surface area contributed by atoms with Gasteiger partial charge in [-0.15, -0.1) is 23.7 Å². The van der Waals surface area contributed by atoms with Crippen molar-refractivity contribution in [3.8, 4) is 0 Å². The fraction of sp³-hybridized carbons (Fsp3) is 0.727. The summed E-state index contributed by atoms with van der Waals surface area (Å²) >= 11 is 1.68. The zero-order valence-corrected chi connectivity index (χ0v) is 11.3. The summed E-state index contributed by atoms with van der Waals surface area (Å²) in [6.07, 6.45) is 2.66. The van der Waals surface area contributed by atoms with Gasteiger partial charge in [0.15, 0.2) is 0 Å². The largest absolute Gasteiger partial charge is 0.316 e. The molecule has 0 radical (unpaired) electrons. The monoisotopic (exact) mass is 261 g/mol. The lowest BCUT2D eigenvalue weighted by Gasteiger charge is -2.17. The summed E-state index contributed by atoms with van der Waals surface area (Å²) in [6, 6.07) is 0. The van der Waals surface area contributed by atoms with Crippen molar-refractivity contribution in [2.75, 3.05) is 26.7 Å². The van der Waals surface area contributed by atoms with Gasteiger partial charge >= 0.3 is 0 Å². The van der Waals surface area contributed by atoms with Gasteiger partial charge in [-0.25, -0.2) is 4.98 Å². The highest BCUT2D eigenvalue weighted by molar-refractivity contribution is 7.07. The molecule has 1 saturated heterocycles. The lowest BCUT2D eigenvalue weighted by atomic mass is 10.1. The molecule has 1 aromatic rings. The fourth-order valence-electron chi connectivity index (χ4n) is 2.04. The Kier molecular flexibility index (Phi) is 6.28. The van der Waals surface area contributed by atoms with Gasteiger partial charge < -0.3 is 10.2 Å². The van der Waals surface area contributed by atoms with Gasteiger partial charge in [0, 0.05) is 11.9 Å². The van der Waals surface area contributed by atoms with E-state index in [0.717, 1.165) is 12.5 Å². The molecule has 1 aromatic heterocycles. The maximum atomic E-state index is 4.30. The second-order valence-corrected chi connectivity index (χ2v) is 5.08. The van der Waals surface area contributed by atoms with Gasteiger partial charge in [0.05, 0.1) is 11.2 Å². The first kappa shape index (κ1) is 13.9. The van der Waals surface area contributed by atoms with Crippen LogP contribution in [0.25, 0.3) is 0 Å². The topological polar surface area (TPSA) is 28.2 Å². The van der Waals surface area contributed by atoms with E-state index >= 15 is 0 Å². The molecule has 5 heteroatoms. The van der Waals surface area contributed by atoms with E-state index in [-0.39, 0.29) is 12.4 Å². The highest BCUT2D eigenvalue weighted by atomic mass is 35.5. The Hall–Kier alpha value is -0.160. The summed E-state index contributed by atoms with van der Waals surface area (Å²) in [5.41, 5.74) is 3.11. The van der Waals surface area contributed by atoms with Crippen LogP contribution < -0.4 is 5.32 Å². The maximum absolute atomic E-state index is 4.30. The molecule has 1 unspecified atom stereocenters. The Morgan fingerprint density at radius 2 is 2.50 bits per heavy atom. The molecular formula is C11H20ClN3S. The summed E-state index contributed by atoms with van der Waals surface area (Å²) < 4.78 is 0. The third-order valence-corrected chi connectivity index (χ3v) is 3.63. The van der Waals surface area contributed by atoms with Crippen LogP contribution in [-0.2, 0) is 6.54 Å². The predicted molar refractivity (Wildman–Crippen MR) is 71.3 cm³/mol. The Labute approximate surface area is 108 Å². The Morgan fingerprint density at radius 3 is 3.12 bits per heavy atom. The fourth-order valence-corrected chi connectivity index (χ4v) is 2.58. The maximum Gasteiger partial charge on any atom is 0.0795 e. The number of hydrogen-bond donors (Lipinski definition) is 1. The molecule has 1 aliphatic heterocycles. The van der Waals surface area contributed by atoms with E-state index in [4.69, 9.17) is 0 Å². The molecule has 92 valence electrons. The van der Waals surface area contributed by atoms with Crippen LogP contribution in [0.4, 0.5) is 0 Å². The smallest absolute Gasteiger partial charge is 0.0795 e. The number of nitrogens with zero attached hydrogens (tertiary/aromatic N) is 2. The number of rotatable bonds is 5. The van der Waals surface area contributed by atoms with Gasteiger partial charge in [0.2, 0.25) is 0 Å². The van der Waals surface area contributed by atoms with Crippen LogP contribution in [-0.4, -0.2) is 36.6 Å². The quantitative estimate of drug-likeness (QED) is 0.879. The molecule has 0 aliphatic carbocycles. The molecular weight excluding hydrogens is 242 g/mol. The van der Waals surface area contributed by atoms with Crippen molar-refractivity contribution in [1.82, 2.24) is 15.2 Å². The van der Waals surface area contributed by atoms with E-state index in [1.807, 2.05) is 5.51 Å². The average molecular weight is 262 g/mol. The average Bonchev–Trinajstić information content (AvgIpc) is 2.86. The zero-order chi connectivity index (χ0) is 10.5. The molecule has 3 nitrogen and oxygen atoms in total. The van der Waals surface area contributed by atoms with Gasteiger partial charge in [-0.1, -0.05) is 0 Å². The lowest BCUT2D eigenvalue weighted by molar-refractivity contribution is 0.295. The van der Waals surface area contributed by atoms with E-state index in [9.17, 15) is 0 Å². The molecule has 0 saturated carbocycles. The summed E-state index contributed by atoms with van der Waals surface area (Å²) in [5.74, 6) is 0.892. The number of halogens is 1. The lowest BCUT2D eigenvalue weighted by Crippen LogP contribution is -2.22. The third kappa shape index (κ3) is 4.37. The van der Waals surface area contributed by atoms with E-state index < -0.39 is 0 Å². The minimum atomic E-state index is 0. The minimum Gasteiger partial charge on any atom is -0.316 e. The van der Waals surface area contributed by atoms with E-state index in [0.29, 0.717) is 0 Å². The third-order valence-electron chi connectivity index (χ3n) is 3.00. The van der Waals surface area contributed by atoms with Gasteiger partial charge in [-0.3, -0.25) is 0 Å². The number of nitrogens with one attached hydrogen (secondary N) is 1. The Morgan fingerprint density at radius 1 is 1.62 bits per heavy atom. The molecule has 0 spiro atoms. The SMILES string of the molecule is CN(CCC1CCNC1)Cc1cscn1.Cl. The van der Waals surface area contributed by atoms with Crippen molar-refractivity contribution < 1.29 is 0 Å². The normalized spacial score (nSPS) is 20.0. The number of thiazole rings is 1. The minimum absolute atomic E-state index is 0. The first-order valence-electron chi connectivity index (χ1n) is 5.61.